The van der Waals surface area contributed by atoms with Crippen molar-refractivity contribution < 1.29 is 4.79 Å². The normalized spacial score (nSPS) is 22.4. The average Bonchev–Trinajstić information content (AvgIpc) is 3.27. The largest absolute Gasteiger partial charge is 0.344 e. The maximum atomic E-state index is 12.5. The van der Waals surface area contributed by atoms with E-state index in [0.717, 1.165) is 18.5 Å². The fourth-order valence-electron chi connectivity index (χ4n) is 3.65. The molecule has 0 radical (unpaired) electrons. The molecule has 4 heteroatoms. The molecule has 2 aliphatic rings. The second-order valence-corrected chi connectivity index (χ2v) is 7.52. The van der Waals surface area contributed by atoms with Gasteiger partial charge in [-0.05, 0) is 48.3 Å². The van der Waals surface area contributed by atoms with Gasteiger partial charge in [-0.2, -0.15) is 5.10 Å². The number of benzene rings is 1. The fraction of sp³-hybridized carbons (Fsp3) is 0.474. The SMILES string of the molecule is CC1(C)CCC(NC(=O)c2cc(C3CC3)[nH]n2)c2ccccc21. The molecule has 1 unspecified atom stereocenters. The molecule has 1 fully saturated rings. The Morgan fingerprint density at radius 3 is 2.83 bits per heavy atom. The number of nitrogens with zero attached hydrogens (tertiary/aromatic N) is 1. The molecule has 1 saturated carbocycles. The quantitative estimate of drug-likeness (QED) is 0.905. The summed E-state index contributed by atoms with van der Waals surface area (Å²) in [6.07, 6.45) is 4.45. The van der Waals surface area contributed by atoms with Gasteiger partial charge in [0.05, 0.1) is 6.04 Å². The van der Waals surface area contributed by atoms with Crippen LogP contribution in [0.5, 0.6) is 0 Å². The molecule has 4 rings (SSSR count). The molecule has 0 aliphatic heterocycles. The first kappa shape index (κ1) is 14.5. The van der Waals surface area contributed by atoms with E-state index in [1.54, 1.807) is 0 Å². The molecular weight excluding hydrogens is 286 g/mol. The van der Waals surface area contributed by atoms with Gasteiger partial charge >= 0.3 is 0 Å². The number of carbonyl (C=O) groups is 1. The molecule has 23 heavy (non-hydrogen) atoms. The lowest BCUT2D eigenvalue weighted by atomic mass is 9.71. The van der Waals surface area contributed by atoms with Crippen molar-refractivity contribution in [2.75, 3.05) is 0 Å². The van der Waals surface area contributed by atoms with Crippen LogP contribution in [0.1, 0.15) is 78.8 Å². The number of nitrogens with one attached hydrogen (secondary N) is 2. The first-order chi connectivity index (χ1) is 11.0. The minimum atomic E-state index is -0.0762. The van der Waals surface area contributed by atoms with Gasteiger partial charge in [-0.1, -0.05) is 38.1 Å². The number of carbonyl (C=O) groups excluding carboxylic acids is 1. The molecule has 4 nitrogen and oxygen atoms in total. The molecule has 1 aromatic heterocycles. The van der Waals surface area contributed by atoms with Crippen molar-refractivity contribution in [3.05, 3.63) is 52.8 Å². The second kappa shape index (κ2) is 5.22. The van der Waals surface area contributed by atoms with Gasteiger partial charge in [0.15, 0.2) is 0 Å². The van der Waals surface area contributed by atoms with Crippen LogP contribution in [0.15, 0.2) is 30.3 Å². The molecule has 0 saturated heterocycles. The van der Waals surface area contributed by atoms with E-state index in [4.69, 9.17) is 0 Å². The van der Waals surface area contributed by atoms with Crippen LogP contribution in [0.2, 0.25) is 0 Å². The van der Waals surface area contributed by atoms with Crippen molar-refractivity contribution in [3.8, 4) is 0 Å². The summed E-state index contributed by atoms with van der Waals surface area (Å²) in [6, 6.07) is 10.5. The molecule has 2 N–H and O–H groups in total. The van der Waals surface area contributed by atoms with Crippen molar-refractivity contribution >= 4 is 5.91 Å². The Bertz CT molecular complexity index is 743. The highest BCUT2D eigenvalue weighted by molar-refractivity contribution is 5.92. The van der Waals surface area contributed by atoms with Gasteiger partial charge in [-0.25, -0.2) is 0 Å². The highest BCUT2D eigenvalue weighted by atomic mass is 16.2. The van der Waals surface area contributed by atoms with E-state index in [-0.39, 0.29) is 17.4 Å². The van der Waals surface area contributed by atoms with Crippen LogP contribution in [0.4, 0.5) is 0 Å². The van der Waals surface area contributed by atoms with Crippen LogP contribution in [-0.4, -0.2) is 16.1 Å². The summed E-state index contributed by atoms with van der Waals surface area (Å²) in [7, 11) is 0. The maximum Gasteiger partial charge on any atom is 0.272 e. The highest BCUT2D eigenvalue weighted by Gasteiger charge is 2.33. The standard InChI is InChI=1S/C19H23N3O/c1-19(2)10-9-15(13-5-3-4-6-14(13)19)20-18(23)17-11-16(21-22-17)12-7-8-12/h3-6,11-12,15H,7-10H2,1-2H3,(H,20,23)(H,21,22). The number of amides is 1. The van der Waals surface area contributed by atoms with Crippen molar-refractivity contribution in [1.29, 1.82) is 0 Å². The monoisotopic (exact) mass is 309 g/mol. The summed E-state index contributed by atoms with van der Waals surface area (Å²) in [4.78, 5) is 12.5. The lowest BCUT2D eigenvalue weighted by molar-refractivity contribution is 0.0924. The second-order valence-electron chi connectivity index (χ2n) is 7.52. The summed E-state index contributed by atoms with van der Waals surface area (Å²) < 4.78 is 0. The smallest absolute Gasteiger partial charge is 0.272 e. The van der Waals surface area contributed by atoms with E-state index in [9.17, 15) is 4.79 Å². The highest BCUT2D eigenvalue weighted by Crippen LogP contribution is 2.41. The van der Waals surface area contributed by atoms with Gasteiger partial charge in [-0.15, -0.1) is 0 Å². The van der Waals surface area contributed by atoms with Gasteiger partial charge in [0, 0.05) is 11.6 Å². The van der Waals surface area contributed by atoms with Gasteiger partial charge in [0.25, 0.3) is 5.91 Å². The number of aromatic nitrogens is 2. The Labute approximate surface area is 136 Å². The van der Waals surface area contributed by atoms with Crippen LogP contribution in [-0.2, 0) is 5.41 Å². The average molecular weight is 309 g/mol. The summed E-state index contributed by atoms with van der Waals surface area (Å²) in [5.41, 5.74) is 4.37. The van der Waals surface area contributed by atoms with Crippen LogP contribution in [0.3, 0.4) is 0 Å². The number of fused-ring (bicyclic) bond motifs is 1. The van der Waals surface area contributed by atoms with Crippen molar-refractivity contribution in [2.45, 2.75) is 56.9 Å². The van der Waals surface area contributed by atoms with Crippen LogP contribution < -0.4 is 5.32 Å². The van der Waals surface area contributed by atoms with E-state index in [0.29, 0.717) is 11.6 Å². The molecular formula is C19H23N3O. The van der Waals surface area contributed by atoms with Crippen molar-refractivity contribution in [2.24, 2.45) is 0 Å². The first-order valence-electron chi connectivity index (χ1n) is 8.50. The molecule has 1 aromatic carbocycles. The fourth-order valence-corrected chi connectivity index (χ4v) is 3.65. The van der Waals surface area contributed by atoms with E-state index in [1.165, 1.54) is 24.0 Å². The Balaban J connectivity index is 1.55. The molecule has 1 atom stereocenters. The van der Waals surface area contributed by atoms with Crippen LogP contribution >= 0.6 is 0 Å². The minimum Gasteiger partial charge on any atom is -0.344 e. The van der Waals surface area contributed by atoms with Crippen molar-refractivity contribution in [1.82, 2.24) is 15.5 Å². The molecule has 0 spiro atoms. The third kappa shape index (κ3) is 2.67. The Morgan fingerprint density at radius 1 is 1.26 bits per heavy atom. The predicted molar refractivity (Wildman–Crippen MR) is 89.5 cm³/mol. The summed E-state index contributed by atoms with van der Waals surface area (Å²) >= 11 is 0. The molecule has 2 aliphatic carbocycles. The van der Waals surface area contributed by atoms with E-state index in [2.05, 4.69) is 53.6 Å². The van der Waals surface area contributed by atoms with E-state index in [1.807, 2.05) is 6.07 Å². The number of hydrogen-bond donors (Lipinski definition) is 2. The molecule has 0 bridgehead atoms. The molecule has 120 valence electrons. The van der Waals surface area contributed by atoms with E-state index < -0.39 is 0 Å². The predicted octanol–water partition coefficient (Wildman–Crippen LogP) is 3.83. The third-order valence-corrected chi connectivity index (χ3v) is 5.28. The van der Waals surface area contributed by atoms with Gasteiger partial charge in [0.1, 0.15) is 5.69 Å². The van der Waals surface area contributed by atoms with Crippen molar-refractivity contribution in [3.63, 3.8) is 0 Å². The number of aromatic amines is 1. The summed E-state index contributed by atoms with van der Waals surface area (Å²) in [6.45, 7) is 4.55. The summed E-state index contributed by atoms with van der Waals surface area (Å²) in [5, 5.41) is 10.4. The minimum absolute atomic E-state index is 0.0762. The Kier molecular flexibility index (Phi) is 3.29. The Morgan fingerprint density at radius 2 is 2.04 bits per heavy atom. The zero-order valence-electron chi connectivity index (χ0n) is 13.7. The topological polar surface area (TPSA) is 57.8 Å². The summed E-state index contributed by atoms with van der Waals surface area (Å²) in [5.74, 6) is 0.507. The van der Waals surface area contributed by atoms with Gasteiger partial charge in [-0.3, -0.25) is 9.89 Å². The third-order valence-electron chi connectivity index (χ3n) is 5.28. The lowest BCUT2D eigenvalue weighted by Crippen LogP contribution is -2.35. The zero-order chi connectivity index (χ0) is 16.0. The Hall–Kier alpha value is -2.10. The lowest BCUT2D eigenvalue weighted by Gasteiger charge is -2.37. The molecule has 1 amide bonds. The van der Waals surface area contributed by atoms with Gasteiger partial charge in [0.2, 0.25) is 0 Å². The van der Waals surface area contributed by atoms with Crippen LogP contribution in [0, 0.1) is 0 Å². The molecule has 2 aromatic rings. The number of H-pyrrole nitrogens is 1. The number of hydrogen-bond acceptors (Lipinski definition) is 2. The first-order valence-corrected chi connectivity index (χ1v) is 8.50. The molecule has 1 heterocycles. The van der Waals surface area contributed by atoms with E-state index >= 15 is 0 Å². The van der Waals surface area contributed by atoms with Gasteiger partial charge < -0.3 is 5.32 Å². The van der Waals surface area contributed by atoms with Crippen LogP contribution in [0.25, 0.3) is 0 Å². The maximum absolute atomic E-state index is 12.5. The number of rotatable bonds is 3. The zero-order valence-corrected chi connectivity index (χ0v) is 13.7.